The van der Waals surface area contributed by atoms with Gasteiger partial charge in [0.15, 0.2) is 0 Å². The number of carboxylic acid groups (broad SMARTS) is 2. The van der Waals surface area contributed by atoms with E-state index in [0.29, 0.717) is 4.90 Å². The highest BCUT2D eigenvalue weighted by Gasteiger charge is 2.33. The average Bonchev–Trinajstić information content (AvgIpc) is 1.78. The molecule has 0 aromatic heterocycles. The molecule has 0 bridgehead atoms. The first-order chi connectivity index (χ1) is 6.15. The number of aliphatic carboxylic acids is 2. The molecule has 9 heteroatoms. The standard InChI is InChI=1S/C5H10NO7P/c1-6(2-14(11,12)13)3(4(7)8)5(9)10/h3H,2H2,1H3,(H,7,8)(H,9,10)(H2,11,12,13). The second kappa shape index (κ2) is 4.52. The summed E-state index contributed by atoms with van der Waals surface area (Å²) in [7, 11) is -3.45. The second-order valence-corrected chi connectivity index (χ2v) is 4.25. The quantitative estimate of drug-likeness (QED) is 0.332. The first-order valence-corrected chi connectivity index (χ1v) is 5.15. The highest BCUT2D eigenvalue weighted by atomic mass is 31.2. The fourth-order valence-corrected chi connectivity index (χ4v) is 1.60. The van der Waals surface area contributed by atoms with E-state index < -0.39 is 31.9 Å². The van der Waals surface area contributed by atoms with Gasteiger partial charge in [-0.3, -0.25) is 9.46 Å². The van der Waals surface area contributed by atoms with Gasteiger partial charge in [-0.15, -0.1) is 0 Å². The van der Waals surface area contributed by atoms with Gasteiger partial charge in [-0.25, -0.2) is 9.59 Å². The minimum Gasteiger partial charge on any atom is -0.480 e. The molecule has 0 aliphatic rings. The molecule has 0 aromatic rings. The summed E-state index contributed by atoms with van der Waals surface area (Å²) in [5.41, 5.74) is 0. The van der Waals surface area contributed by atoms with Crippen molar-refractivity contribution < 1.29 is 34.2 Å². The van der Waals surface area contributed by atoms with Crippen LogP contribution in [0.3, 0.4) is 0 Å². The van der Waals surface area contributed by atoms with Gasteiger partial charge in [0.25, 0.3) is 0 Å². The fourth-order valence-electron chi connectivity index (χ4n) is 0.855. The van der Waals surface area contributed by atoms with Crippen molar-refractivity contribution in [2.75, 3.05) is 13.3 Å². The highest BCUT2D eigenvalue weighted by molar-refractivity contribution is 7.51. The molecule has 0 rings (SSSR count). The molecule has 0 fully saturated rings. The second-order valence-electron chi connectivity index (χ2n) is 2.64. The third kappa shape index (κ3) is 4.33. The maximum Gasteiger partial charge on any atom is 0.339 e. The summed E-state index contributed by atoms with van der Waals surface area (Å²) in [4.78, 5) is 38.3. The van der Waals surface area contributed by atoms with Crippen molar-refractivity contribution in [3.63, 3.8) is 0 Å². The number of rotatable bonds is 5. The Bertz CT molecular complexity index is 270. The van der Waals surface area contributed by atoms with E-state index in [1.807, 2.05) is 0 Å². The van der Waals surface area contributed by atoms with Gasteiger partial charge in [0.1, 0.15) is 6.29 Å². The van der Waals surface area contributed by atoms with Crippen molar-refractivity contribution in [3.8, 4) is 0 Å². The molecular weight excluding hydrogens is 217 g/mol. The Kier molecular flexibility index (Phi) is 4.21. The number of carbonyl (C=O) groups is 2. The minimum atomic E-state index is -4.46. The van der Waals surface area contributed by atoms with Crippen LogP contribution in [0.15, 0.2) is 0 Å². The lowest BCUT2D eigenvalue weighted by Crippen LogP contribution is -2.44. The molecule has 4 N–H and O–H groups in total. The Morgan fingerprint density at radius 1 is 1.29 bits per heavy atom. The van der Waals surface area contributed by atoms with Crippen molar-refractivity contribution in [1.29, 1.82) is 0 Å². The molecular formula is C5H10NO7P. The van der Waals surface area contributed by atoms with Crippen LogP contribution in [0.25, 0.3) is 0 Å². The number of likely N-dealkylation sites (N-methyl/N-ethyl adjacent to an activating group) is 1. The zero-order valence-electron chi connectivity index (χ0n) is 7.19. The number of hydrogen-bond donors (Lipinski definition) is 4. The van der Waals surface area contributed by atoms with Crippen LogP contribution in [0.5, 0.6) is 0 Å². The molecule has 0 spiro atoms. The van der Waals surface area contributed by atoms with E-state index in [9.17, 15) is 14.2 Å². The van der Waals surface area contributed by atoms with Gasteiger partial charge in [0.2, 0.25) is 6.04 Å². The molecule has 0 heterocycles. The van der Waals surface area contributed by atoms with E-state index in [2.05, 4.69) is 0 Å². The van der Waals surface area contributed by atoms with Crippen LogP contribution in [0.2, 0.25) is 0 Å². The maximum atomic E-state index is 10.5. The summed E-state index contributed by atoms with van der Waals surface area (Å²) in [5.74, 6) is -3.35. The van der Waals surface area contributed by atoms with E-state index in [4.69, 9.17) is 20.0 Å². The molecule has 82 valence electrons. The average molecular weight is 227 g/mol. The zero-order valence-corrected chi connectivity index (χ0v) is 8.09. The van der Waals surface area contributed by atoms with Crippen molar-refractivity contribution in [2.24, 2.45) is 0 Å². The lowest BCUT2D eigenvalue weighted by molar-refractivity contribution is -0.155. The van der Waals surface area contributed by atoms with E-state index in [1.54, 1.807) is 0 Å². The zero-order chi connectivity index (χ0) is 11.5. The minimum absolute atomic E-state index is 0.561. The smallest absolute Gasteiger partial charge is 0.339 e. The number of nitrogens with zero attached hydrogens (tertiary/aromatic N) is 1. The molecule has 0 saturated carbocycles. The Hall–Kier alpha value is -0.950. The first kappa shape index (κ1) is 13.1. The monoisotopic (exact) mass is 227 g/mol. The van der Waals surface area contributed by atoms with Crippen LogP contribution in [0.4, 0.5) is 0 Å². The lowest BCUT2D eigenvalue weighted by atomic mass is 10.3. The normalized spacial score (nSPS) is 12.1. The predicted molar refractivity (Wildman–Crippen MR) is 43.7 cm³/mol. The first-order valence-electron chi connectivity index (χ1n) is 3.35. The van der Waals surface area contributed by atoms with Crippen molar-refractivity contribution in [1.82, 2.24) is 4.90 Å². The Labute approximate surface area is 78.9 Å². The van der Waals surface area contributed by atoms with Crippen LogP contribution >= 0.6 is 7.60 Å². The Balaban J connectivity index is 4.62. The van der Waals surface area contributed by atoms with Crippen LogP contribution in [-0.4, -0.2) is 56.2 Å². The van der Waals surface area contributed by atoms with Crippen molar-refractivity contribution >= 4 is 19.5 Å². The molecule has 0 unspecified atom stereocenters. The third-order valence-electron chi connectivity index (χ3n) is 1.32. The van der Waals surface area contributed by atoms with Crippen LogP contribution in [0, 0.1) is 0 Å². The van der Waals surface area contributed by atoms with Gasteiger partial charge in [0, 0.05) is 0 Å². The molecule has 0 atom stereocenters. The van der Waals surface area contributed by atoms with Gasteiger partial charge in [-0.1, -0.05) is 0 Å². The van der Waals surface area contributed by atoms with Gasteiger partial charge >= 0.3 is 19.5 Å². The van der Waals surface area contributed by atoms with Crippen molar-refractivity contribution in [3.05, 3.63) is 0 Å². The van der Waals surface area contributed by atoms with Crippen LogP contribution in [-0.2, 0) is 14.2 Å². The predicted octanol–water partition coefficient (Wildman–Crippen LogP) is -1.41. The summed E-state index contributed by atoms with van der Waals surface area (Å²) >= 11 is 0. The SMILES string of the molecule is CN(CP(=O)(O)O)C(C(=O)O)C(=O)O. The molecule has 0 amide bonds. The Morgan fingerprint density at radius 3 is 1.86 bits per heavy atom. The fraction of sp³-hybridized carbons (Fsp3) is 0.600. The topological polar surface area (TPSA) is 135 Å². The van der Waals surface area contributed by atoms with E-state index in [-0.39, 0.29) is 0 Å². The molecule has 8 nitrogen and oxygen atoms in total. The Morgan fingerprint density at radius 2 is 1.64 bits per heavy atom. The summed E-state index contributed by atoms with van der Waals surface area (Å²) in [6.45, 7) is 0. The largest absolute Gasteiger partial charge is 0.480 e. The lowest BCUT2D eigenvalue weighted by Gasteiger charge is -2.20. The molecule has 0 saturated heterocycles. The third-order valence-corrected chi connectivity index (χ3v) is 2.13. The summed E-state index contributed by atoms with van der Waals surface area (Å²) < 4.78 is 10.5. The van der Waals surface area contributed by atoms with Gasteiger partial charge in [0.05, 0.1) is 0 Å². The molecule has 14 heavy (non-hydrogen) atoms. The maximum absolute atomic E-state index is 10.5. The molecule has 0 aromatic carbocycles. The highest BCUT2D eigenvalue weighted by Crippen LogP contribution is 2.35. The van der Waals surface area contributed by atoms with Crippen molar-refractivity contribution in [2.45, 2.75) is 6.04 Å². The summed E-state index contributed by atoms with van der Waals surface area (Å²) in [6, 6.07) is -1.96. The van der Waals surface area contributed by atoms with E-state index in [1.165, 1.54) is 0 Å². The van der Waals surface area contributed by atoms with Gasteiger partial charge < -0.3 is 20.0 Å². The van der Waals surface area contributed by atoms with E-state index in [0.717, 1.165) is 7.05 Å². The van der Waals surface area contributed by atoms with E-state index >= 15 is 0 Å². The summed E-state index contributed by atoms with van der Waals surface area (Å²) in [6.07, 6.45) is -0.920. The number of carboxylic acids is 2. The number of hydrogen-bond acceptors (Lipinski definition) is 4. The van der Waals surface area contributed by atoms with Crippen LogP contribution in [0.1, 0.15) is 0 Å². The molecule has 0 aliphatic carbocycles. The van der Waals surface area contributed by atoms with Gasteiger partial charge in [-0.2, -0.15) is 0 Å². The van der Waals surface area contributed by atoms with Gasteiger partial charge in [-0.05, 0) is 7.05 Å². The molecule has 0 radical (unpaired) electrons. The molecule has 0 aliphatic heterocycles. The van der Waals surface area contributed by atoms with Crippen LogP contribution < -0.4 is 0 Å². The summed E-state index contributed by atoms with van der Waals surface area (Å²) in [5, 5.41) is 16.9.